The zero-order valence-corrected chi connectivity index (χ0v) is 17.8. The van der Waals surface area contributed by atoms with Gasteiger partial charge in [-0.2, -0.15) is 5.26 Å². The Labute approximate surface area is 185 Å². The Morgan fingerprint density at radius 1 is 1.00 bits per heavy atom. The number of benzene rings is 3. The van der Waals surface area contributed by atoms with Crippen LogP contribution in [0.4, 0.5) is 5.69 Å². The summed E-state index contributed by atoms with van der Waals surface area (Å²) in [5.41, 5.74) is 3.38. The number of nitrogens with one attached hydrogen (secondary N) is 1. The van der Waals surface area contributed by atoms with Crippen molar-refractivity contribution >= 4 is 22.6 Å². The third-order valence-corrected chi connectivity index (χ3v) is 5.23. The van der Waals surface area contributed by atoms with Crippen molar-refractivity contribution in [1.82, 2.24) is 9.13 Å². The van der Waals surface area contributed by atoms with Crippen molar-refractivity contribution in [2.45, 2.75) is 26.9 Å². The summed E-state index contributed by atoms with van der Waals surface area (Å²) in [5.74, 6) is 0.953. The molecule has 32 heavy (non-hydrogen) atoms. The molecular formula is C25H22N4O3. The van der Waals surface area contributed by atoms with E-state index in [0.29, 0.717) is 29.3 Å². The summed E-state index contributed by atoms with van der Waals surface area (Å²) in [4.78, 5) is 25.5. The molecule has 4 aromatic rings. The number of ether oxygens (including phenoxy) is 1. The number of anilines is 1. The SMILES string of the molecule is CCn1c(=O)n(CC(=O)Nc2ccc(Oc3ccc(C#N)cc3)cc2C)c2ccccc21. The number of carbonyl (C=O) groups is 1. The molecule has 0 saturated heterocycles. The number of nitriles is 1. The topological polar surface area (TPSA) is 89.1 Å². The van der Waals surface area contributed by atoms with Gasteiger partial charge in [-0.05, 0) is 74.0 Å². The predicted octanol–water partition coefficient (Wildman–Crippen LogP) is 4.43. The molecule has 0 bridgehead atoms. The Bertz CT molecular complexity index is 1390. The van der Waals surface area contributed by atoms with Crippen molar-refractivity contribution < 1.29 is 9.53 Å². The second-order valence-electron chi connectivity index (χ2n) is 7.36. The number of nitrogens with zero attached hydrogens (tertiary/aromatic N) is 3. The number of aryl methyl sites for hydroxylation is 2. The molecule has 0 unspecified atom stereocenters. The van der Waals surface area contributed by atoms with Crippen molar-refractivity contribution in [1.29, 1.82) is 5.26 Å². The summed E-state index contributed by atoms with van der Waals surface area (Å²) in [6.07, 6.45) is 0. The van der Waals surface area contributed by atoms with Crippen LogP contribution >= 0.6 is 0 Å². The van der Waals surface area contributed by atoms with Gasteiger partial charge in [-0.1, -0.05) is 12.1 Å². The summed E-state index contributed by atoms with van der Waals surface area (Å²) in [6.45, 7) is 4.24. The first-order valence-electron chi connectivity index (χ1n) is 10.3. The zero-order valence-electron chi connectivity index (χ0n) is 17.8. The fraction of sp³-hybridized carbons (Fsp3) is 0.160. The maximum Gasteiger partial charge on any atom is 0.329 e. The highest BCUT2D eigenvalue weighted by molar-refractivity contribution is 5.92. The van der Waals surface area contributed by atoms with Crippen LogP contribution in [0.3, 0.4) is 0 Å². The Morgan fingerprint density at radius 3 is 2.28 bits per heavy atom. The third kappa shape index (κ3) is 4.12. The van der Waals surface area contributed by atoms with Crippen LogP contribution in [0.2, 0.25) is 0 Å². The fourth-order valence-electron chi connectivity index (χ4n) is 3.64. The summed E-state index contributed by atoms with van der Waals surface area (Å²) >= 11 is 0. The van der Waals surface area contributed by atoms with E-state index in [1.54, 1.807) is 41.0 Å². The van der Waals surface area contributed by atoms with E-state index in [4.69, 9.17) is 10.00 Å². The van der Waals surface area contributed by atoms with Crippen LogP contribution in [0.25, 0.3) is 11.0 Å². The van der Waals surface area contributed by atoms with Crippen molar-refractivity contribution in [3.63, 3.8) is 0 Å². The van der Waals surface area contributed by atoms with E-state index >= 15 is 0 Å². The molecule has 1 aromatic heterocycles. The molecule has 1 N–H and O–H groups in total. The normalized spacial score (nSPS) is 10.7. The van der Waals surface area contributed by atoms with Crippen LogP contribution in [-0.2, 0) is 17.9 Å². The highest BCUT2D eigenvalue weighted by Crippen LogP contribution is 2.26. The van der Waals surface area contributed by atoms with Gasteiger partial charge in [-0.3, -0.25) is 13.9 Å². The maximum absolute atomic E-state index is 12.7. The maximum atomic E-state index is 12.7. The summed E-state index contributed by atoms with van der Waals surface area (Å²) in [6, 6.07) is 21.7. The van der Waals surface area contributed by atoms with Crippen LogP contribution in [0.1, 0.15) is 18.1 Å². The molecule has 1 heterocycles. The molecule has 7 heteroatoms. The Hall–Kier alpha value is -4.31. The van der Waals surface area contributed by atoms with Gasteiger partial charge in [0.2, 0.25) is 5.91 Å². The van der Waals surface area contributed by atoms with Crippen molar-refractivity contribution in [3.05, 3.63) is 88.3 Å². The predicted molar refractivity (Wildman–Crippen MR) is 123 cm³/mol. The van der Waals surface area contributed by atoms with Crippen molar-refractivity contribution in [2.75, 3.05) is 5.32 Å². The second-order valence-corrected chi connectivity index (χ2v) is 7.36. The minimum absolute atomic E-state index is 0.0741. The van der Waals surface area contributed by atoms with Crippen LogP contribution in [0.5, 0.6) is 11.5 Å². The summed E-state index contributed by atoms with van der Waals surface area (Å²) in [5, 5.41) is 11.8. The number of hydrogen-bond acceptors (Lipinski definition) is 4. The molecule has 0 saturated carbocycles. The van der Waals surface area contributed by atoms with Crippen molar-refractivity contribution in [2.24, 2.45) is 0 Å². The Balaban J connectivity index is 1.49. The second kappa shape index (κ2) is 8.82. The van der Waals surface area contributed by atoms with Crippen molar-refractivity contribution in [3.8, 4) is 17.6 Å². The molecular weight excluding hydrogens is 404 g/mol. The van der Waals surface area contributed by atoms with Crippen LogP contribution in [-0.4, -0.2) is 15.0 Å². The van der Waals surface area contributed by atoms with Crippen LogP contribution in [0, 0.1) is 18.3 Å². The minimum atomic E-state index is -0.282. The van der Waals surface area contributed by atoms with Gasteiger partial charge in [0.1, 0.15) is 18.0 Å². The van der Waals surface area contributed by atoms with E-state index in [-0.39, 0.29) is 18.1 Å². The molecule has 0 aliphatic rings. The van der Waals surface area contributed by atoms with Gasteiger partial charge in [-0.15, -0.1) is 0 Å². The van der Waals surface area contributed by atoms with E-state index < -0.39 is 0 Å². The number of fused-ring (bicyclic) bond motifs is 1. The third-order valence-electron chi connectivity index (χ3n) is 5.23. The van der Waals surface area contributed by atoms with Gasteiger partial charge in [0, 0.05) is 12.2 Å². The molecule has 0 aliphatic carbocycles. The molecule has 160 valence electrons. The zero-order chi connectivity index (χ0) is 22.7. The first kappa shape index (κ1) is 20.9. The van der Waals surface area contributed by atoms with Gasteiger partial charge in [0.15, 0.2) is 0 Å². The van der Waals surface area contributed by atoms with E-state index in [1.807, 2.05) is 44.2 Å². The average Bonchev–Trinajstić information content (AvgIpc) is 3.07. The van der Waals surface area contributed by atoms with Gasteiger partial charge in [0.05, 0.1) is 22.7 Å². The first-order chi connectivity index (χ1) is 15.5. The highest BCUT2D eigenvalue weighted by Gasteiger charge is 2.15. The lowest BCUT2D eigenvalue weighted by molar-refractivity contribution is -0.116. The molecule has 0 aliphatic heterocycles. The van der Waals surface area contributed by atoms with E-state index in [0.717, 1.165) is 16.6 Å². The number of hydrogen-bond donors (Lipinski definition) is 1. The van der Waals surface area contributed by atoms with Crippen LogP contribution in [0.15, 0.2) is 71.5 Å². The molecule has 0 fully saturated rings. The summed E-state index contributed by atoms with van der Waals surface area (Å²) in [7, 11) is 0. The lowest BCUT2D eigenvalue weighted by atomic mass is 10.2. The smallest absolute Gasteiger partial charge is 0.329 e. The number of amides is 1. The fourth-order valence-corrected chi connectivity index (χ4v) is 3.64. The number of rotatable bonds is 6. The number of carbonyl (C=O) groups excluding carboxylic acids is 1. The van der Waals surface area contributed by atoms with Gasteiger partial charge >= 0.3 is 5.69 Å². The molecule has 0 spiro atoms. The first-order valence-corrected chi connectivity index (χ1v) is 10.3. The average molecular weight is 426 g/mol. The van der Waals surface area contributed by atoms with Gasteiger partial charge < -0.3 is 10.1 Å². The van der Waals surface area contributed by atoms with Crippen LogP contribution < -0.4 is 15.7 Å². The monoisotopic (exact) mass is 426 g/mol. The van der Waals surface area contributed by atoms with E-state index in [9.17, 15) is 9.59 Å². The molecule has 0 radical (unpaired) electrons. The number of imidazole rings is 1. The number of para-hydroxylation sites is 2. The Kier molecular flexibility index (Phi) is 5.77. The minimum Gasteiger partial charge on any atom is -0.457 e. The Morgan fingerprint density at radius 2 is 1.66 bits per heavy atom. The lowest BCUT2D eigenvalue weighted by Gasteiger charge is -2.12. The molecule has 4 rings (SSSR count). The number of aromatic nitrogens is 2. The largest absolute Gasteiger partial charge is 0.457 e. The standard InChI is InChI=1S/C25H22N4O3/c1-3-28-22-6-4-5-7-23(22)29(25(28)31)16-24(30)27-21-13-12-20(14-17(21)2)32-19-10-8-18(15-26)9-11-19/h4-14H,3,16H2,1-2H3,(H,27,30). The quantitative estimate of drug-likeness (QED) is 0.494. The molecule has 0 atom stereocenters. The summed E-state index contributed by atoms with van der Waals surface area (Å²) < 4.78 is 8.97. The van der Waals surface area contributed by atoms with E-state index in [1.165, 1.54) is 4.57 Å². The highest BCUT2D eigenvalue weighted by atomic mass is 16.5. The van der Waals surface area contributed by atoms with E-state index in [2.05, 4.69) is 11.4 Å². The molecule has 1 amide bonds. The lowest BCUT2D eigenvalue weighted by Crippen LogP contribution is -2.29. The molecule has 7 nitrogen and oxygen atoms in total. The molecule has 3 aromatic carbocycles. The van der Waals surface area contributed by atoms with Gasteiger partial charge in [0.25, 0.3) is 0 Å². The van der Waals surface area contributed by atoms with Gasteiger partial charge in [-0.25, -0.2) is 4.79 Å².